The molecular weight excluding hydrogens is 178 g/mol. The number of piperazine rings is 1. The number of nitrogens with one attached hydrogen (secondary N) is 2. The molecule has 0 bridgehead atoms. The zero-order chi connectivity index (χ0) is 9.80. The largest absolute Gasteiger partial charge is 0.392 e. The van der Waals surface area contributed by atoms with Crippen LogP contribution in [0.2, 0.25) is 0 Å². The SMILES string of the molecule is OCc1ccnc(C2CNCCN2)c1. The van der Waals surface area contributed by atoms with Crippen LogP contribution in [0.4, 0.5) is 0 Å². The molecule has 0 radical (unpaired) electrons. The lowest BCUT2D eigenvalue weighted by atomic mass is 10.1. The van der Waals surface area contributed by atoms with E-state index in [-0.39, 0.29) is 12.6 Å². The maximum absolute atomic E-state index is 9.00. The number of hydrogen-bond donors (Lipinski definition) is 3. The Bertz CT molecular complexity index is 297. The molecule has 1 atom stereocenters. The van der Waals surface area contributed by atoms with Gasteiger partial charge in [0.25, 0.3) is 0 Å². The van der Waals surface area contributed by atoms with Crippen LogP contribution < -0.4 is 10.6 Å². The lowest BCUT2D eigenvalue weighted by Crippen LogP contribution is -2.42. The number of aliphatic hydroxyl groups excluding tert-OH is 1. The van der Waals surface area contributed by atoms with Crippen molar-refractivity contribution in [2.75, 3.05) is 19.6 Å². The Morgan fingerprint density at radius 1 is 1.50 bits per heavy atom. The molecule has 0 saturated carbocycles. The number of rotatable bonds is 2. The highest BCUT2D eigenvalue weighted by Crippen LogP contribution is 2.12. The molecule has 1 aliphatic heterocycles. The smallest absolute Gasteiger partial charge is 0.0683 e. The van der Waals surface area contributed by atoms with Gasteiger partial charge in [0.1, 0.15) is 0 Å². The van der Waals surface area contributed by atoms with Crippen LogP contribution in [0, 0.1) is 0 Å². The van der Waals surface area contributed by atoms with Gasteiger partial charge >= 0.3 is 0 Å². The van der Waals surface area contributed by atoms with E-state index in [9.17, 15) is 0 Å². The summed E-state index contributed by atoms with van der Waals surface area (Å²) < 4.78 is 0. The molecule has 0 amide bonds. The van der Waals surface area contributed by atoms with Crippen molar-refractivity contribution in [3.05, 3.63) is 29.6 Å². The molecule has 0 aliphatic carbocycles. The molecule has 2 rings (SSSR count). The van der Waals surface area contributed by atoms with Gasteiger partial charge in [-0.3, -0.25) is 4.98 Å². The third-order valence-electron chi connectivity index (χ3n) is 2.43. The summed E-state index contributed by atoms with van der Waals surface area (Å²) in [7, 11) is 0. The summed E-state index contributed by atoms with van der Waals surface area (Å²) in [4.78, 5) is 4.30. The molecule has 1 saturated heterocycles. The number of aromatic nitrogens is 1. The number of aliphatic hydroxyl groups is 1. The van der Waals surface area contributed by atoms with E-state index in [2.05, 4.69) is 15.6 Å². The van der Waals surface area contributed by atoms with Gasteiger partial charge in [-0.15, -0.1) is 0 Å². The summed E-state index contributed by atoms with van der Waals surface area (Å²) in [5, 5.41) is 15.7. The summed E-state index contributed by atoms with van der Waals surface area (Å²) in [5.41, 5.74) is 1.92. The van der Waals surface area contributed by atoms with Crippen molar-refractivity contribution < 1.29 is 5.11 Å². The number of nitrogens with zero attached hydrogens (tertiary/aromatic N) is 1. The minimum Gasteiger partial charge on any atom is -0.392 e. The zero-order valence-electron chi connectivity index (χ0n) is 8.03. The van der Waals surface area contributed by atoms with Gasteiger partial charge in [0.05, 0.1) is 18.3 Å². The van der Waals surface area contributed by atoms with Crippen molar-refractivity contribution in [1.29, 1.82) is 0 Å². The second-order valence-electron chi connectivity index (χ2n) is 3.46. The minimum atomic E-state index is 0.0790. The molecule has 1 unspecified atom stereocenters. The molecule has 3 N–H and O–H groups in total. The van der Waals surface area contributed by atoms with Crippen molar-refractivity contribution in [2.45, 2.75) is 12.6 Å². The summed E-state index contributed by atoms with van der Waals surface area (Å²) in [6.07, 6.45) is 1.75. The normalized spacial score (nSPS) is 22.2. The molecule has 2 heterocycles. The van der Waals surface area contributed by atoms with Crippen LogP contribution in [0.25, 0.3) is 0 Å². The van der Waals surface area contributed by atoms with Crippen LogP contribution in [-0.2, 0) is 6.61 Å². The topological polar surface area (TPSA) is 57.2 Å². The molecule has 1 aromatic heterocycles. The quantitative estimate of drug-likeness (QED) is 0.609. The summed E-state index contributed by atoms with van der Waals surface area (Å²) in [6.45, 7) is 2.96. The van der Waals surface area contributed by atoms with E-state index >= 15 is 0 Å². The van der Waals surface area contributed by atoms with E-state index in [1.165, 1.54) is 0 Å². The fraction of sp³-hybridized carbons (Fsp3) is 0.500. The molecule has 0 spiro atoms. The van der Waals surface area contributed by atoms with Crippen molar-refractivity contribution in [1.82, 2.24) is 15.6 Å². The Kier molecular flexibility index (Phi) is 3.08. The maximum atomic E-state index is 9.00. The Hall–Kier alpha value is -0.970. The van der Waals surface area contributed by atoms with Gasteiger partial charge < -0.3 is 15.7 Å². The van der Waals surface area contributed by atoms with Crippen molar-refractivity contribution in [2.24, 2.45) is 0 Å². The van der Waals surface area contributed by atoms with E-state index in [0.717, 1.165) is 30.9 Å². The number of pyridine rings is 1. The Balaban J connectivity index is 2.13. The number of hydrogen-bond acceptors (Lipinski definition) is 4. The van der Waals surface area contributed by atoms with Gasteiger partial charge in [-0.05, 0) is 17.7 Å². The monoisotopic (exact) mass is 193 g/mol. The molecule has 1 fully saturated rings. The highest BCUT2D eigenvalue weighted by Gasteiger charge is 2.15. The molecule has 1 aliphatic rings. The second kappa shape index (κ2) is 4.50. The van der Waals surface area contributed by atoms with E-state index in [4.69, 9.17) is 5.11 Å². The Morgan fingerprint density at radius 2 is 2.43 bits per heavy atom. The van der Waals surface area contributed by atoms with Gasteiger partial charge in [0.15, 0.2) is 0 Å². The zero-order valence-corrected chi connectivity index (χ0v) is 8.03. The predicted molar refractivity (Wildman–Crippen MR) is 53.8 cm³/mol. The first-order valence-electron chi connectivity index (χ1n) is 4.90. The minimum absolute atomic E-state index is 0.0790. The van der Waals surface area contributed by atoms with Crippen molar-refractivity contribution in [3.8, 4) is 0 Å². The van der Waals surface area contributed by atoms with Gasteiger partial charge in [-0.2, -0.15) is 0 Å². The second-order valence-corrected chi connectivity index (χ2v) is 3.46. The van der Waals surface area contributed by atoms with Crippen molar-refractivity contribution in [3.63, 3.8) is 0 Å². The lowest BCUT2D eigenvalue weighted by molar-refractivity contribution is 0.281. The highest BCUT2D eigenvalue weighted by atomic mass is 16.3. The molecule has 1 aromatic rings. The molecule has 0 aromatic carbocycles. The fourth-order valence-corrected chi connectivity index (χ4v) is 1.65. The third kappa shape index (κ3) is 2.09. The maximum Gasteiger partial charge on any atom is 0.0683 e. The first-order chi connectivity index (χ1) is 6.90. The molecular formula is C10H15N3O. The van der Waals surface area contributed by atoms with Crippen LogP contribution in [0.3, 0.4) is 0 Å². The Morgan fingerprint density at radius 3 is 3.14 bits per heavy atom. The molecule has 14 heavy (non-hydrogen) atoms. The predicted octanol–water partition coefficient (Wildman–Crippen LogP) is -0.192. The van der Waals surface area contributed by atoms with Crippen LogP contribution in [-0.4, -0.2) is 29.7 Å². The first-order valence-corrected chi connectivity index (χ1v) is 4.90. The van der Waals surface area contributed by atoms with Gasteiger partial charge in [0, 0.05) is 25.8 Å². The van der Waals surface area contributed by atoms with E-state index in [1.807, 2.05) is 12.1 Å². The highest BCUT2D eigenvalue weighted by molar-refractivity contribution is 5.18. The first kappa shape index (κ1) is 9.58. The van der Waals surface area contributed by atoms with E-state index in [0.29, 0.717) is 0 Å². The molecule has 4 nitrogen and oxygen atoms in total. The van der Waals surface area contributed by atoms with Crippen LogP contribution in [0.15, 0.2) is 18.3 Å². The average molecular weight is 193 g/mol. The van der Waals surface area contributed by atoms with Crippen molar-refractivity contribution >= 4 is 0 Å². The van der Waals surface area contributed by atoms with E-state index < -0.39 is 0 Å². The average Bonchev–Trinajstić information content (AvgIpc) is 2.30. The van der Waals surface area contributed by atoms with Crippen LogP contribution >= 0.6 is 0 Å². The van der Waals surface area contributed by atoms with Crippen LogP contribution in [0.5, 0.6) is 0 Å². The van der Waals surface area contributed by atoms with Gasteiger partial charge in [-0.1, -0.05) is 0 Å². The van der Waals surface area contributed by atoms with Gasteiger partial charge in [-0.25, -0.2) is 0 Å². The molecule has 4 heteroatoms. The third-order valence-corrected chi connectivity index (χ3v) is 2.43. The lowest BCUT2D eigenvalue weighted by Gasteiger charge is -2.24. The van der Waals surface area contributed by atoms with Crippen LogP contribution in [0.1, 0.15) is 17.3 Å². The van der Waals surface area contributed by atoms with Gasteiger partial charge in [0.2, 0.25) is 0 Å². The standard InChI is InChI=1S/C10H15N3O/c14-7-8-1-2-12-9(5-8)10-6-11-3-4-13-10/h1-2,5,10-11,13-14H,3-4,6-7H2. The summed E-state index contributed by atoms with van der Waals surface area (Å²) >= 11 is 0. The van der Waals surface area contributed by atoms with E-state index in [1.54, 1.807) is 6.20 Å². The summed E-state index contributed by atoms with van der Waals surface area (Å²) in [5.74, 6) is 0. The molecule has 76 valence electrons. The Labute approximate surface area is 83.4 Å². The summed E-state index contributed by atoms with van der Waals surface area (Å²) in [6, 6.07) is 4.06. The fourth-order valence-electron chi connectivity index (χ4n) is 1.65.